The summed E-state index contributed by atoms with van der Waals surface area (Å²) in [6.45, 7) is -0.772. The molecule has 2 aromatic rings. The molecule has 0 saturated carbocycles. The van der Waals surface area contributed by atoms with Crippen LogP contribution >= 0.6 is 0 Å². The Morgan fingerprint density at radius 3 is 2.57 bits per heavy atom. The van der Waals surface area contributed by atoms with Crippen molar-refractivity contribution in [3.05, 3.63) is 59.9 Å². The Balaban J connectivity index is 2.25. The Morgan fingerprint density at radius 2 is 1.95 bits per heavy atom. The summed E-state index contributed by atoms with van der Waals surface area (Å²) in [7, 11) is 1.84. The molecular formula is C16H18F2N2O. The second-order valence-electron chi connectivity index (χ2n) is 4.76. The maximum Gasteiger partial charge on any atom is 0.387 e. The van der Waals surface area contributed by atoms with E-state index in [1.54, 1.807) is 18.3 Å². The zero-order valence-electron chi connectivity index (χ0n) is 12.0. The fourth-order valence-electron chi connectivity index (χ4n) is 2.41. The fraction of sp³-hybridized carbons (Fsp3) is 0.312. The number of halogens is 2. The van der Waals surface area contributed by atoms with Crippen LogP contribution in [0.1, 0.15) is 30.1 Å². The minimum atomic E-state index is -2.82. The van der Waals surface area contributed by atoms with Gasteiger partial charge in [-0.3, -0.25) is 4.98 Å². The number of alkyl halides is 2. The van der Waals surface area contributed by atoms with Gasteiger partial charge >= 0.3 is 6.61 Å². The minimum Gasteiger partial charge on any atom is -0.435 e. The molecule has 1 heterocycles. The zero-order chi connectivity index (χ0) is 15.2. The van der Waals surface area contributed by atoms with E-state index in [0.717, 1.165) is 11.3 Å². The van der Waals surface area contributed by atoms with E-state index < -0.39 is 6.61 Å². The maximum atomic E-state index is 12.3. The third-order valence-electron chi connectivity index (χ3n) is 3.41. The molecule has 0 spiro atoms. The van der Waals surface area contributed by atoms with Crippen LogP contribution in [0.15, 0.2) is 48.7 Å². The molecule has 0 aliphatic heterocycles. The molecule has 21 heavy (non-hydrogen) atoms. The third-order valence-corrected chi connectivity index (χ3v) is 3.41. The van der Waals surface area contributed by atoms with Gasteiger partial charge in [-0.15, -0.1) is 0 Å². The quantitative estimate of drug-likeness (QED) is 0.880. The molecule has 0 aliphatic carbocycles. The van der Waals surface area contributed by atoms with E-state index in [1.807, 2.05) is 38.2 Å². The molecule has 0 saturated heterocycles. The first-order valence-electron chi connectivity index (χ1n) is 6.74. The van der Waals surface area contributed by atoms with Crippen LogP contribution in [0.5, 0.6) is 5.75 Å². The predicted octanol–water partition coefficient (Wildman–Crippen LogP) is 3.75. The van der Waals surface area contributed by atoms with Gasteiger partial charge in [-0.05, 0) is 36.9 Å². The Kier molecular flexibility index (Phi) is 5.22. The van der Waals surface area contributed by atoms with E-state index in [1.165, 1.54) is 6.07 Å². The maximum absolute atomic E-state index is 12.3. The number of nitrogens with one attached hydrogen (secondary N) is 1. The van der Waals surface area contributed by atoms with Crippen LogP contribution in [0.3, 0.4) is 0 Å². The van der Waals surface area contributed by atoms with Gasteiger partial charge in [-0.25, -0.2) is 0 Å². The smallest absolute Gasteiger partial charge is 0.387 e. The summed E-state index contributed by atoms with van der Waals surface area (Å²) < 4.78 is 29.1. The first-order chi connectivity index (χ1) is 10.1. The van der Waals surface area contributed by atoms with E-state index in [0.29, 0.717) is 0 Å². The lowest BCUT2D eigenvalue weighted by molar-refractivity contribution is -0.0499. The largest absolute Gasteiger partial charge is 0.435 e. The van der Waals surface area contributed by atoms with Crippen LogP contribution in [0.4, 0.5) is 8.78 Å². The van der Waals surface area contributed by atoms with Crippen molar-refractivity contribution in [2.24, 2.45) is 0 Å². The zero-order valence-corrected chi connectivity index (χ0v) is 12.0. The number of pyridine rings is 1. The van der Waals surface area contributed by atoms with Crippen LogP contribution in [-0.2, 0) is 0 Å². The van der Waals surface area contributed by atoms with Gasteiger partial charge in [0.1, 0.15) is 5.75 Å². The van der Waals surface area contributed by atoms with Gasteiger partial charge in [0, 0.05) is 23.9 Å². The highest BCUT2D eigenvalue weighted by Gasteiger charge is 2.20. The lowest BCUT2D eigenvalue weighted by Gasteiger charge is -2.24. The van der Waals surface area contributed by atoms with Crippen molar-refractivity contribution in [3.63, 3.8) is 0 Å². The van der Waals surface area contributed by atoms with E-state index in [-0.39, 0.29) is 17.7 Å². The van der Waals surface area contributed by atoms with Gasteiger partial charge in [-0.2, -0.15) is 8.78 Å². The Labute approximate surface area is 123 Å². The van der Waals surface area contributed by atoms with Gasteiger partial charge in [0.05, 0.1) is 0 Å². The Bertz CT molecular complexity index is 563. The van der Waals surface area contributed by atoms with Crippen molar-refractivity contribution < 1.29 is 13.5 Å². The second-order valence-corrected chi connectivity index (χ2v) is 4.76. The molecule has 0 bridgehead atoms. The Morgan fingerprint density at radius 1 is 1.14 bits per heavy atom. The fourth-order valence-corrected chi connectivity index (χ4v) is 2.41. The molecule has 0 amide bonds. The van der Waals surface area contributed by atoms with Gasteiger partial charge in [0.2, 0.25) is 0 Å². The van der Waals surface area contributed by atoms with Gasteiger partial charge in [0.25, 0.3) is 0 Å². The molecule has 112 valence electrons. The highest BCUT2D eigenvalue weighted by Crippen LogP contribution is 2.31. The molecule has 5 heteroatoms. The molecule has 2 rings (SSSR count). The molecule has 0 aliphatic rings. The molecule has 0 radical (unpaired) electrons. The number of hydrogen-bond acceptors (Lipinski definition) is 3. The molecular weight excluding hydrogens is 274 g/mol. The summed E-state index contributed by atoms with van der Waals surface area (Å²) in [5, 5.41) is 3.21. The molecule has 1 aromatic carbocycles. The number of ether oxygens (including phenoxy) is 1. The van der Waals surface area contributed by atoms with E-state index in [4.69, 9.17) is 0 Å². The highest BCUT2D eigenvalue weighted by atomic mass is 19.3. The average molecular weight is 292 g/mol. The molecule has 2 atom stereocenters. The van der Waals surface area contributed by atoms with E-state index >= 15 is 0 Å². The summed E-state index contributed by atoms with van der Waals surface area (Å²) in [5.41, 5.74) is 1.82. The topological polar surface area (TPSA) is 34.1 Å². The Hall–Kier alpha value is -2.01. The lowest BCUT2D eigenvalue weighted by Crippen LogP contribution is -2.23. The second kappa shape index (κ2) is 7.13. The summed E-state index contributed by atoms with van der Waals surface area (Å²) in [5.74, 6) is 0.258. The van der Waals surface area contributed by atoms with Crippen molar-refractivity contribution in [1.82, 2.24) is 10.3 Å². The number of nitrogens with zero attached hydrogens (tertiary/aromatic N) is 1. The molecule has 3 nitrogen and oxygen atoms in total. The SMILES string of the molecule is CNC(c1cccc(OC(F)F)c1)C(C)c1ccccn1. The summed E-state index contributed by atoms with van der Waals surface area (Å²) >= 11 is 0. The van der Waals surface area contributed by atoms with Crippen molar-refractivity contribution in [3.8, 4) is 5.75 Å². The van der Waals surface area contributed by atoms with Gasteiger partial charge < -0.3 is 10.1 Å². The first-order valence-corrected chi connectivity index (χ1v) is 6.74. The van der Waals surface area contributed by atoms with Gasteiger partial charge in [0.15, 0.2) is 0 Å². The van der Waals surface area contributed by atoms with Crippen LogP contribution in [0.2, 0.25) is 0 Å². The normalized spacial score (nSPS) is 14.0. The lowest BCUT2D eigenvalue weighted by atomic mass is 9.91. The van der Waals surface area contributed by atoms with Crippen LogP contribution in [-0.4, -0.2) is 18.6 Å². The number of hydrogen-bond donors (Lipinski definition) is 1. The van der Waals surface area contributed by atoms with Crippen molar-refractivity contribution in [2.75, 3.05) is 7.05 Å². The summed E-state index contributed by atoms with van der Waals surface area (Å²) in [6, 6.07) is 12.5. The molecule has 0 fully saturated rings. The first kappa shape index (κ1) is 15.4. The van der Waals surface area contributed by atoms with Crippen molar-refractivity contribution >= 4 is 0 Å². The standard InChI is InChI=1S/C16H18F2N2O/c1-11(14-8-3-4-9-20-14)15(19-2)12-6-5-7-13(10-12)21-16(17)18/h3-11,15-16,19H,1-2H3. The van der Waals surface area contributed by atoms with Crippen LogP contribution in [0, 0.1) is 0 Å². The van der Waals surface area contributed by atoms with Crippen molar-refractivity contribution in [1.29, 1.82) is 0 Å². The number of aromatic nitrogens is 1. The predicted molar refractivity (Wildman–Crippen MR) is 77.5 cm³/mol. The van der Waals surface area contributed by atoms with Gasteiger partial charge in [-0.1, -0.05) is 25.1 Å². The molecule has 1 N–H and O–H groups in total. The summed E-state index contributed by atoms with van der Waals surface area (Å²) in [6.07, 6.45) is 1.74. The monoisotopic (exact) mass is 292 g/mol. The van der Waals surface area contributed by atoms with E-state index in [2.05, 4.69) is 15.0 Å². The summed E-state index contributed by atoms with van der Waals surface area (Å²) in [4.78, 5) is 4.35. The number of likely N-dealkylation sites (N-methyl/N-ethyl adjacent to an activating group) is 1. The minimum absolute atomic E-state index is 0.0406. The van der Waals surface area contributed by atoms with Crippen LogP contribution < -0.4 is 10.1 Å². The highest BCUT2D eigenvalue weighted by molar-refractivity contribution is 5.32. The van der Waals surface area contributed by atoms with E-state index in [9.17, 15) is 8.78 Å². The van der Waals surface area contributed by atoms with Crippen molar-refractivity contribution in [2.45, 2.75) is 25.5 Å². The average Bonchev–Trinajstić information content (AvgIpc) is 2.48. The van der Waals surface area contributed by atoms with Crippen LogP contribution in [0.25, 0.3) is 0 Å². The third kappa shape index (κ3) is 3.98. The molecule has 2 unspecified atom stereocenters. The number of benzene rings is 1. The number of rotatable bonds is 6. The molecule has 1 aromatic heterocycles.